The van der Waals surface area contributed by atoms with E-state index in [4.69, 9.17) is 15.3 Å². The lowest BCUT2D eigenvalue weighted by Gasteiger charge is -2.17. The fourth-order valence-electron chi connectivity index (χ4n) is 3.37. The number of benzene rings is 2. The molecule has 3 atom stereocenters. The maximum Gasteiger partial charge on any atom is 0.410 e. The van der Waals surface area contributed by atoms with Gasteiger partial charge in [0.1, 0.15) is 23.7 Å². The van der Waals surface area contributed by atoms with Crippen molar-refractivity contribution in [2.24, 2.45) is 0 Å². The summed E-state index contributed by atoms with van der Waals surface area (Å²) < 4.78 is 5.87. The van der Waals surface area contributed by atoms with Crippen LogP contribution in [-0.2, 0) is 16.1 Å². The number of amides is 3. The predicted molar refractivity (Wildman–Crippen MR) is 121 cm³/mol. The molecule has 2 aromatic carbocycles. The highest BCUT2D eigenvalue weighted by molar-refractivity contribution is 6.04. The maximum absolute atomic E-state index is 12.5. The van der Waals surface area contributed by atoms with Crippen molar-refractivity contribution in [2.75, 3.05) is 6.54 Å². The number of hydrogen-bond acceptors (Lipinski definition) is 6. The molecule has 2 aromatic rings. The van der Waals surface area contributed by atoms with Gasteiger partial charge in [-0.15, -0.1) is 0 Å². The van der Waals surface area contributed by atoms with Crippen molar-refractivity contribution < 1.29 is 24.2 Å². The van der Waals surface area contributed by atoms with Crippen molar-refractivity contribution in [3.8, 4) is 5.75 Å². The van der Waals surface area contributed by atoms with Gasteiger partial charge >= 0.3 is 6.09 Å². The summed E-state index contributed by atoms with van der Waals surface area (Å²) in [6.45, 7) is 2.39. The summed E-state index contributed by atoms with van der Waals surface area (Å²) in [5.74, 6) is -0.0686. The second-order valence-electron chi connectivity index (χ2n) is 7.70. The summed E-state index contributed by atoms with van der Waals surface area (Å²) in [5, 5.41) is 26.9. The Hall–Kier alpha value is -3.92. The molecule has 0 aromatic heterocycles. The zero-order valence-electron chi connectivity index (χ0n) is 18.1. The number of carbonyl (C=O) groups is 3. The van der Waals surface area contributed by atoms with Gasteiger partial charge in [0.05, 0.1) is 6.04 Å². The van der Waals surface area contributed by atoms with Crippen LogP contribution in [0.1, 0.15) is 24.5 Å². The first kappa shape index (κ1) is 23.7. The molecule has 174 valence electrons. The molecule has 1 fully saturated rings. The van der Waals surface area contributed by atoms with Gasteiger partial charge in [0, 0.05) is 25.1 Å². The summed E-state index contributed by atoms with van der Waals surface area (Å²) in [6.07, 6.45) is -0.922. The van der Waals surface area contributed by atoms with Crippen LogP contribution in [0, 0.1) is 5.41 Å². The lowest BCUT2D eigenvalue weighted by molar-refractivity contribution is -0.129. The molecule has 0 bridgehead atoms. The van der Waals surface area contributed by atoms with Crippen LogP contribution in [0.2, 0.25) is 0 Å². The maximum atomic E-state index is 12.5. The Morgan fingerprint density at radius 3 is 2.52 bits per heavy atom. The number of nitrogens with one attached hydrogen (secondary N) is 5. The van der Waals surface area contributed by atoms with E-state index < -0.39 is 18.2 Å². The highest BCUT2D eigenvalue weighted by atomic mass is 16.5. The number of para-hydroxylation sites is 1. The first-order valence-electron chi connectivity index (χ1n) is 10.5. The van der Waals surface area contributed by atoms with Crippen LogP contribution in [0.25, 0.3) is 0 Å². The molecule has 1 saturated heterocycles. The second kappa shape index (κ2) is 11.1. The fraction of sp³-hybridized carbons (Fsp3) is 0.304. The van der Waals surface area contributed by atoms with Gasteiger partial charge in [-0.2, -0.15) is 0 Å². The third kappa shape index (κ3) is 7.04. The van der Waals surface area contributed by atoms with Crippen molar-refractivity contribution in [3.63, 3.8) is 0 Å². The molecule has 0 aliphatic carbocycles. The molecule has 0 saturated carbocycles. The van der Waals surface area contributed by atoms with Gasteiger partial charge in [0.2, 0.25) is 11.8 Å². The molecular weight excluding hydrogens is 426 g/mol. The number of hydrogen-bond donors (Lipinski definition) is 6. The normalized spacial score (nSPS) is 18.1. The molecular formula is C23H27N5O5. The molecule has 1 aliphatic heterocycles. The van der Waals surface area contributed by atoms with E-state index in [1.165, 1.54) is 0 Å². The van der Waals surface area contributed by atoms with Crippen LogP contribution < -0.4 is 26.0 Å². The Kier molecular flexibility index (Phi) is 7.98. The topological polar surface area (TPSA) is 153 Å². The number of amidine groups is 1. The molecule has 10 heteroatoms. The van der Waals surface area contributed by atoms with E-state index in [1.807, 2.05) is 35.6 Å². The van der Waals surface area contributed by atoms with Gasteiger partial charge in [-0.25, -0.2) is 4.79 Å². The Balaban J connectivity index is 1.41. The van der Waals surface area contributed by atoms with Crippen molar-refractivity contribution >= 4 is 23.7 Å². The third-order valence-electron chi connectivity index (χ3n) is 5.15. The Morgan fingerprint density at radius 2 is 1.85 bits per heavy atom. The van der Waals surface area contributed by atoms with E-state index in [2.05, 4.69) is 16.0 Å². The first-order valence-corrected chi connectivity index (χ1v) is 10.5. The van der Waals surface area contributed by atoms with Crippen molar-refractivity contribution in [1.29, 1.82) is 5.41 Å². The predicted octanol–water partition coefficient (Wildman–Crippen LogP) is 1.21. The number of ether oxygens (including phenoxy) is 1. The molecule has 10 nitrogen and oxygen atoms in total. The monoisotopic (exact) mass is 453 g/mol. The third-order valence-corrected chi connectivity index (χ3v) is 5.15. The van der Waals surface area contributed by atoms with Crippen LogP contribution in [0.3, 0.4) is 0 Å². The quantitative estimate of drug-likeness (QED) is 0.261. The standard InChI is InChI=1S/C23H27N5O5/c1-14(21(29)26-12-15-7-9-16(10-8-15)20(24)28-23(31)32)27-22(30)19-11-18(13-25-19)33-17-5-3-2-4-6-17/h2-10,14,18-19,25H,11-13H2,1H3,(H2,24,28)(H,26,29)(H,27,30)(H,31,32)/t14?,18-,19?/m0/s1. The van der Waals surface area contributed by atoms with Crippen LogP contribution >= 0.6 is 0 Å². The van der Waals surface area contributed by atoms with Crippen LogP contribution in [0.5, 0.6) is 5.75 Å². The summed E-state index contributed by atoms with van der Waals surface area (Å²) >= 11 is 0. The van der Waals surface area contributed by atoms with Crippen LogP contribution in [-0.4, -0.2) is 53.6 Å². The highest BCUT2D eigenvalue weighted by Crippen LogP contribution is 2.17. The van der Waals surface area contributed by atoms with Crippen molar-refractivity contribution in [1.82, 2.24) is 21.3 Å². The molecule has 0 radical (unpaired) electrons. The molecule has 3 rings (SSSR count). The zero-order valence-corrected chi connectivity index (χ0v) is 18.1. The molecule has 33 heavy (non-hydrogen) atoms. The average molecular weight is 453 g/mol. The van der Waals surface area contributed by atoms with E-state index in [0.717, 1.165) is 11.3 Å². The summed E-state index contributed by atoms with van der Waals surface area (Å²) in [4.78, 5) is 35.5. The van der Waals surface area contributed by atoms with Gasteiger partial charge in [-0.3, -0.25) is 20.3 Å². The largest absolute Gasteiger partial charge is 0.489 e. The molecule has 6 N–H and O–H groups in total. The molecule has 1 aliphatic rings. The minimum atomic E-state index is -1.31. The van der Waals surface area contributed by atoms with Crippen LogP contribution in [0.4, 0.5) is 4.79 Å². The Labute approximate surface area is 191 Å². The molecule has 1 heterocycles. The molecule has 0 spiro atoms. The van der Waals surface area contributed by atoms with Gasteiger partial charge < -0.3 is 25.8 Å². The van der Waals surface area contributed by atoms with Crippen molar-refractivity contribution in [2.45, 2.75) is 38.1 Å². The van der Waals surface area contributed by atoms with E-state index in [0.29, 0.717) is 18.5 Å². The minimum Gasteiger partial charge on any atom is -0.489 e. The SMILES string of the molecule is CC(NC(=O)C1C[C@H](Oc2ccccc2)CN1)C(=O)NCc1ccc(C(=N)NC(=O)O)cc1. The van der Waals surface area contributed by atoms with E-state index in [9.17, 15) is 14.4 Å². The number of rotatable bonds is 8. The number of carbonyl (C=O) groups excluding carboxylic acids is 2. The van der Waals surface area contributed by atoms with Gasteiger partial charge in [0.15, 0.2) is 0 Å². The lowest BCUT2D eigenvalue weighted by atomic mass is 10.1. The summed E-state index contributed by atoms with van der Waals surface area (Å²) in [5.41, 5.74) is 1.18. The van der Waals surface area contributed by atoms with Gasteiger partial charge in [0.25, 0.3) is 0 Å². The highest BCUT2D eigenvalue weighted by Gasteiger charge is 2.32. The van der Waals surface area contributed by atoms with E-state index in [1.54, 1.807) is 31.2 Å². The van der Waals surface area contributed by atoms with E-state index >= 15 is 0 Å². The lowest BCUT2D eigenvalue weighted by Crippen LogP contribution is -2.49. The van der Waals surface area contributed by atoms with Gasteiger partial charge in [-0.1, -0.05) is 42.5 Å². The smallest absolute Gasteiger partial charge is 0.410 e. The average Bonchev–Trinajstić information content (AvgIpc) is 3.26. The Morgan fingerprint density at radius 1 is 1.15 bits per heavy atom. The van der Waals surface area contributed by atoms with Crippen molar-refractivity contribution in [3.05, 3.63) is 65.7 Å². The summed E-state index contributed by atoms with van der Waals surface area (Å²) in [6, 6.07) is 14.8. The van der Waals surface area contributed by atoms with E-state index in [-0.39, 0.29) is 30.3 Å². The molecule has 2 unspecified atom stereocenters. The fourth-order valence-corrected chi connectivity index (χ4v) is 3.37. The number of carboxylic acid groups (broad SMARTS) is 1. The second-order valence-corrected chi connectivity index (χ2v) is 7.70. The first-order chi connectivity index (χ1) is 15.8. The Bertz CT molecular complexity index is 996. The molecule has 3 amide bonds. The zero-order chi connectivity index (χ0) is 23.8. The summed E-state index contributed by atoms with van der Waals surface area (Å²) in [7, 11) is 0. The van der Waals surface area contributed by atoms with Gasteiger partial charge in [-0.05, 0) is 24.6 Å². The van der Waals surface area contributed by atoms with Crippen LogP contribution in [0.15, 0.2) is 54.6 Å². The minimum absolute atomic E-state index is 0.123.